The number of hydrogen-bond donors (Lipinski definition) is 1. The van der Waals surface area contributed by atoms with Gasteiger partial charge in [0.05, 0.1) is 6.61 Å². The predicted octanol–water partition coefficient (Wildman–Crippen LogP) is 3.37. The van der Waals surface area contributed by atoms with Gasteiger partial charge in [-0.05, 0) is 6.42 Å². The molecule has 16 heavy (non-hydrogen) atoms. The predicted molar refractivity (Wildman–Crippen MR) is 67.4 cm³/mol. The van der Waals surface area contributed by atoms with Gasteiger partial charge in [-0.3, -0.25) is 4.55 Å². The fourth-order valence-corrected chi connectivity index (χ4v) is 1.73. The van der Waals surface area contributed by atoms with Crippen molar-refractivity contribution in [2.45, 2.75) is 58.3 Å². The van der Waals surface area contributed by atoms with Crippen molar-refractivity contribution in [3.63, 3.8) is 0 Å². The van der Waals surface area contributed by atoms with Gasteiger partial charge in [-0.2, -0.15) is 8.42 Å². The summed E-state index contributed by atoms with van der Waals surface area (Å²) in [5, 5.41) is 0. The molecule has 4 nitrogen and oxygen atoms in total. The Morgan fingerprint density at radius 1 is 0.938 bits per heavy atom. The summed E-state index contributed by atoms with van der Waals surface area (Å²) in [5.74, 6) is 0. The Labute approximate surface area is 105 Å². The summed E-state index contributed by atoms with van der Waals surface area (Å²) in [6.45, 7) is 2.28. The summed E-state index contributed by atoms with van der Waals surface area (Å²) in [5.41, 5.74) is 0. The molecule has 0 aliphatic carbocycles. The van der Waals surface area contributed by atoms with Crippen LogP contribution >= 0.6 is 12.4 Å². The van der Waals surface area contributed by atoms with Gasteiger partial charge in [0.15, 0.2) is 0 Å². The maximum Gasteiger partial charge on any atom is 0.397 e. The molecule has 0 spiro atoms. The molecule has 0 bridgehead atoms. The smallest absolute Gasteiger partial charge is 0.264 e. The van der Waals surface area contributed by atoms with E-state index in [0.29, 0.717) is 6.42 Å². The van der Waals surface area contributed by atoms with Crippen molar-refractivity contribution in [3.05, 3.63) is 0 Å². The van der Waals surface area contributed by atoms with E-state index in [9.17, 15) is 8.42 Å². The zero-order valence-corrected chi connectivity index (χ0v) is 11.5. The van der Waals surface area contributed by atoms with Gasteiger partial charge in [-0.15, -0.1) is 12.4 Å². The minimum Gasteiger partial charge on any atom is -0.264 e. The largest absolute Gasteiger partial charge is 0.397 e. The second-order valence-electron chi connectivity index (χ2n) is 3.72. The van der Waals surface area contributed by atoms with Crippen LogP contribution in [0.3, 0.4) is 0 Å². The first-order chi connectivity index (χ1) is 7.06. The van der Waals surface area contributed by atoms with Crippen molar-refractivity contribution < 1.29 is 17.2 Å². The summed E-state index contributed by atoms with van der Waals surface area (Å²) >= 11 is 0. The fraction of sp³-hybridized carbons (Fsp3) is 1.00. The van der Waals surface area contributed by atoms with Gasteiger partial charge >= 0.3 is 10.4 Å². The Hall–Kier alpha value is 0.160. The average molecular weight is 275 g/mol. The molecule has 0 heterocycles. The number of rotatable bonds is 10. The molecule has 0 aromatic rings. The Balaban J connectivity index is 0. The second-order valence-corrected chi connectivity index (χ2v) is 4.82. The Morgan fingerprint density at radius 3 is 1.81 bits per heavy atom. The standard InChI is InChI=1S/C10H22O4S.ClH/c1-2-3-4-5-6-7-8-9-10-14-15(11,12)13;/h2-10H2,1H3,(H,11,12,13);1H. The summed E-state index contributed by atoms with van der Waals surface area (Å²) in [7, 11) is -4.23. The first-order valence-corrected chi connectivity index (χ1v) is 7.04. The lowest BCUT2D eigenvalue weighted by Crippen LogP contribution is -2.04. The Morgan fingerprint density at radius 2 is 1.38 bits per heavy atom. The molecule has 0 fully saturated rings. The van der Waals surface area contributed by atoms with Crippen molar-refractivity contribution in [2.75, 3.05) is 6.61 Å². The Kier molecular flexibility index (Phi) is 13.5. The average Bonchev–Trinajstić information content (AvgIpc) is 2.14. The molecule has 0 aromatic carbocycles. The molecule has 0 aliphatic heterocycles. The van der Waals surface area contributed by atoms with Gasteiger partial charge in [0.2, 0.25) is 0 Å². The molecule has 0 amide bonds. The highest BCUT2D eigenvalue weighted by atomic mass is 35.5. The van der Waals surface area contributed by atoms with Crippen molar-refractivity contribution in [3.8, 4) is 0 Å². The summed E-state index contributed by atoms with van der Waals surface area (Å²) in [4.78, 5) is 0. The van der Waals surface area contributed by atoms with E-state index in [1.54, 1.807) is 0 Å². The van der Waals surface area contributed by atoms with Crippen LogP contribution in [0.4, 0.5) is 0 Å². The molecule has 0 unspecified atom stereocenters. The Bertz CT molecular complexity index is 229. The van der Waals surface area contributed by atoms with Crippen molar-refractivity contribution >= 4 is 22.8 Å². The van der Waals surface area contributed by atoms with E-state index in [2.05, 4.69) is 11.1 Å². The van der Waals surface area contributed by atoms with Crippen LogP contribution in [-0.4, -0.2) is 19.6 Å². The lowest BCUT2D eigenvalue weighted by atomic mass is 10.1. The van der Waals surface area contributed by atoms with Crippen LogP contribution in [0.15, 0.2) is 0 Å². The van der Waals surface area contributed by atoms with Crippen LogP contribution < -0.4 is 0 Å². The molecule has 1 N–H and O–H groups in total. The van der Waals surface area contributed by atoms with E-state index in [0.717, 1.165) is 12.8 Å². The monoisotopic (exact) mass is 274 g/mol. The summed E-state index contributed by atoms with van der Waals surface area (Å²) in [6.07, 6.45) is 9.05. The molecule has 0 aromatic heterocycles. The molecule has 0 aliphatic rings. The molecule has 100 valence electrons. The molecule has 0 radical (unpaired) electrons. The van der Waals surface area contributed by atoms with E-state index in [1.807, 2.05) is 0 Å². The van der Waals surface area contributed by atoms with Crippen LogP contribution in [-0.2, 0) is 14.6 Å². The third kappa shape index (κ3) is 16.6. The minimum atomic E-state index is -4.23. The van der Waals surface area contributed by atoms with Crippen LogP contribution in [0.1, 0.15) is 58.3 Å². The molecular weight excluding hydrogens is 252 g/mol. The first-order valence-electron chi connectivity index (χ1n) is 5.68. The quantitative estimate of drug-likeness (QED) is 0.490. The maximum absolute atomic E-state index is 10.2. The zero-order valence-electron chi connectivity index (χ0n) is 9.85. The van der Waals surface area contributed by atoms with Gasteiger partial charge in [-0.25, -0.2) is 4.18 Å². The van der Waals surface area contributed by atoms with Crippen LogP contribution in [0.5, 0.6) is 0 Å². The fourth-order valence-electron chi connectivity index (χ4n) is 1.40. The van der Waals surface area contributed by atoms with Gasteiger partial charge in [0.1, 0.15) is 0 Å². The number of hydrogen-bond acceptors (Lipinski definition) is 3. The normalized spacial score (nSPS) is 11.1. The van der Waals surface area contributed by atoms with Gasteiger partial charge in [-0.1, -0.05) is 51.9 Å². The molecule has 0 saturated carbocycles. The first kappa shape index (κ1) is 18.5. The molecular formula is C10H23ClO4S. The van der Waals surface area contributed by atoms with Crippen molar-refractivity contribution in [1.29, 1.82) is 0 Å². The van der Waals surface area contributed by atoms with Crippen LogP contribution in [0, 0.1) is 0 Å². The van der Waals surface area contributed by atoms with Gasteiger partial charge < -0.3 is 0 Å². The summed E-state index contributed by atoms with van der Waals surface area (Å²) in [6, 6.07) is 0. The topological polar surface area (TPSA) is 63.6 Å². The molecule has 6 heteroatoms. The third-order valence-electron chi connectivity index (χ3n) is 2.23. The molecule has 0 atom stereocenters. The van der Waals surface area contributed by atoms with Crippen LogP contribution in [0.2, 0.25) is 0 Å². The van der Waals surface area contributed by atoms with E-state index in [4.69, 9.17) is 4.55 Å². The SMILES string of the molecule is CCCCCCCCCCOS(=O)(=O)O.Cl. The minimum absolute atomic E-state index is 0. The third-order valence-corrected chi connectivity index (χ3v) is 2.69. The summed E-state index contributed by atoms with van der Waals surface area (Å²) < 4.78 is 32.8. The molecule has 0 saturated heterocycles. The number of halogens is 1. The lowest BCUT2D eigenvalue weighted by molar-refractivity contribution is 0.261. The van der Waals surface area contributed by atoms with Crippen molar-refractivity contribution in [2.24, 2.45) is 0 Å². The lowest BCUT2D eigenvalue weighted by Gasteiger charge is -2.01. The van der Waals surface area contributed by atoms with E-state index in [-0.39, 0.29) is 19.0 Å². The maximum atomic E-state index is 10.2. The van der Waals surface area contributed by atoms with Gasteiger partial charge in [0, 0.05) is 0 Å². The number of unbranched alkanes of at least 4 members (excludes halogenated alkanes) is 7. The van der Waals surface area contributed by atoms with E-state index in [1.165, 1.54) is 32.1 Å². The molecule has 0 rings (SSSR count). The van der Waals surface area contributed by atoms with Crippen LogP contribution in [0.25, 0.3) is 0 Å². The second kappa shape index (κ2) is 11.6. The highest BCUT2D eigenvalue weighted by Crippen LogP contribution is 2.08. The van der Waals surface area contributed by atoms with E-state index >= 15 is 0 Å². The van der Waals surface area contributed by atoms with E-state index < -0.39 is 10.4 Å². The van der Waals surface area contributed by atoms with Gasteiger partial charge in [0.25, 0.3) is 0 Å². The van der Waals surface area contributed by atoms with Crippen molar-refractivity contribution in [1.82, 2.24) is 0 Å². The highest BCUT2D eigenvalue weighted by Gasteiger charge is 2.02. The zero-order chi connectivity index (χ0) is 11.6. The highest BCUT2D eigenvalue weighted by molar-refractivity contribution is 7.80.